The summed E-state index contributed by atoms with van der Waals surface area (Å²) in [4.78, 5) is 25.3. The van der Waals surface area contributed by atoms with Crippen LogP contribution < -0.4 is 10.2 Å². The van der Waals surface area contributed by atoms with E-state index in [1.54, 1.807) is 37.4 Å². The van der Waals surface area contributed by atoms with E-state index in [2.05, 4.69) is 15.2 Å². The largest absolute Gasteiger partial charge is 0.452 e. The number of aryl methyl sites for hydroxylation is 1. The van der Waals surface area contributed by atoms with E-state index in [9.17, 15) is 9.59 Å². The van der Waals surface area contributed by atoms with Crippen molar-refractivity contribution in [3.63, 3.8) is 0 Å². The Hall–Kier alpha value is -3.87. The van der Waals surface area contributed by atoms with Gasteiger partial charge in [0, 0.05) is 35.8 Å². The van der Waals surface area contributed by atoms with E-state index >= 15 is 0 Å². The van der Waals surface area contributed by atoms with Gasteiger partial charge in [-0.15, -0.1) is 0 Å². The predicted octanol–water partition coefficient (Wildman–Crippen LogP) is 4.34. The zero-order chi connectivity index (χ0) is 21.7. The molecule has 3 rings (SSSR count). The Kier molecular flexibility index (Phi) is 6.32. The van der Waals surface area contributed by atoms with Crippen LogP contribution in [0.2, 0.25) is 0 Å². The fourth-order valence-electron chi connectivity index (χ4n) is 3.07. The van der Waals surface area contributed by atoms with Crippen molar-refractivity contribution in [2.45, 2.75) is 13.8 Å². The number of nitrogens with one attached hydrogen (secondary N) is 1. The van der Waals surface area contributed by atoms with Crippen molar-refractivity contribution in [2.75, 3.05) is 24.4 Å². The van der Waals surface area contributed by atoms with E-state index in [4.69, 9.17) is 0 Å². The van der Waals surface area contributed by atoms with Gasteiger partial charge in [0.1, 0.15) is 0 Å². The SMILES string of the molecule is COC(=O)N(C)c1ccc(NC(=O)/C=C/c2c(C)nn(-c3ccccc3)c2C)cc1. The van der Waals surface area contributed by atoms with Gasteiger partial charge in [0.2, 0.25) is 5.91 Å². The molecule has 1 heterocycles. The number of hydrogen-bond acceptors (Lipinski definition) is 4. The number of aromatic nitrogens is 2. The molecule has 0 saturated heterocycles. The monoisotopic (exact) mass is 404 g/mol. The highest BCUT2D eigenvalue weighted by Crippen LogP contribution is 2.20. The number of amides is 2. The Balaban J connectivity index is 1.70. The molecular formula is C23H24N4O3. The van der Waals surface area contributed by atoms with Crippen molar-refractivity contribution in [1.82, 2.24) is 9.78 Å². The zero-order valence-electron chi connectivity index (χ0n) is 17.4. The summed E-state index contributed by atoms with van der Waals surface area (Å²) in [5.41, 5.74) is 4.96. The van der Waals surface area contributed by atoms with Crippen LogP contribution in [0.5, 0.6) is 0 Å². The minimum atomic E-state index is -0.462. The Bertz CT molecular complexity index is 1070. The molecule has 7 heteroatoms. The van der Waals surface area contributed by atoms with Crippen molar-refractivity contribution in [3.05, 3.63) is 77.6 Å². The molecule has 1 aromatic heterocycles. The average Bonchev–Trinajstić information content (AvgIpc) is 3.05. The van der Waals surface area contributed by atoms with Gasteiger partial charge in [-0.1, -0.05) is 18.2 Å². The second-order valence-corrected chi connectivity index (χ2v) is 6.73. The standard InChI is InChI=1S/C23H24N4O3/c1-16-21(17(2)27(25-16)20-8-6-5-7-9-20)14-15-22(28)24-18-10-12-19(13-11-18)26(3)23(29)30-4/h5-15H,1-4H3,(H,24,28)/b15-14+. The van der Waals surface area contributed by atoms with Crippen LogP contribution in [0.3, 0.4) is 0 Å². The van der Waals surface area contributed by atoms with E-state index in [-0.39, 0.29) is 5.91 Å². The minimum absolute atomic E-state index is 0.254. The summed E-state index contributed by atoms with van der Waals surface area (Å²) in [5, 5.41) is 7.39. The maximum Gasteiger partial charge on any atom is 0.413 e. The summed E-state index contributed by atoms with van der Waals surface area (Å²) in [7, 11) is 2.94. The lowest BCUT2D eigenvalue weighted by molar-refractivity contribution is -0.111. The fraction of sp³-hybridized carbons (Fsp3) is 0.174. The normalized spacial score (nSPS) is 10.8. The van der Waals surface area contributed by atoms with Gasteiger partial charge in [-0.25, -0.2) is 9.48 Å². The van der Waals surface area contributed by atoms with Gasteiger partial charge in [0.15, 0.2) is 0 Å². The number of anilines is 2. The number of ether oxygens (including phenoxy) is 1. The number of carbonyl (C=O) groups is 2. The van der Waals surface area contributed by atoms with Crippen molar-refractivity contribution >= 4 is 29.5 Å². The van der Waals surface area contributed by atoms with Crippen molar-refractivity contribution < 1.29 is 14.3 Å². The predicted molar refractivity (Wildman–Crippen MR) is 118 cm³/mol. The number of nitrogens with zero attached hydrogens (tertiary/aromatic N) is 3. The Morgan fingerprint density at radius 3 is 2.37 bits per heavy atom. The summed E-state index contributed by atoms with van der Waals surface area (Å²) < 4.78 is 6.55. The highest BCUT2D eigenvalue weighted by Gasteiger charge is 2.12. The summed E-state index contributed by atoms with van der Waals surface area (Å²) in [6.45, 7) is 3.89. The number of methoxy groups -OCH3 is 1. The number of rotatable bonds is 5. The molecule has 0 spiro atoms. The molecule has 0 bridgehead atoms. The smallest absolute Gasteiger partial charge is 0.413 e. The summed E-state index contributed by atoms with van der Waals surface area (Å²) >= 11 is 0. The van der Waals surface area contributed by atoms with Crippen LogP contribution in [0.1, 0.15) is 17.0 Å². The minimum Gasteiger partial charge on any atom is -0.452 e. The second kappa shape index (κ2) is 9.09. The quantitative estimate of drug-likeness (QED) is 0.642. The maximum absolute atomic E-state index is 12.3. The van der Waals surface area contributed by atoms with Gasteiger partial charge >= 0.3 is 6.09 Å². The molecule has 2 amide bonds. The van der Waals surface area contributed by atoms with Crippen LogP contribution in [-0.2, 0) is 9.53 Å². The van der Waals surface area contributed by atoms with Gasteiger partial charge in [-0.2, -0.15) is 5.10 Å². The molecule has 0 radical (unpaired) electrons. The number of para-hydroxylation sites is 1. The molecule has 30 heavy (non-hydrogen) atoms. The average molecular weight is 404 g/mol. The molecule has 154 valence electrons. The van der Waals surface area contributed by atoms with Gasteiger partial charge in [0.25, 0.3) is 0 Å². The summed E-state index contributed by atoms with van der Waals surface area (Å²) in [5.74, 6) is -0.254. The first-order chi connectivity index (χ1) is 14.4. The molecule has 2 aromatic carbocycles. The van der Waals surface area contributed by atoms with Crippen LogP contribution in [0.25, 0.3) is 11.8 Å². The van der Waals surface area contributed by atoms with Gasteiger partial charge < -0.3 is 10.1 Å². The van der Waals surface area contributed by atoms with E-state index in [1.807, 2.05) is 48.9 Å². The lowest BCUT2D eigenvalue weighted by Gasteiger charge is -2.15. The number of hydrogen-bond donors (Lipinski definition) is 1. The summed E-state index contributed by atoms with van der Waals surface area (Å²) in [6.07, 6.45) is 2.80. The Morgan fingerprint density at radius 2 is 1.73 bits per heavy atom. The van der Waals surface area contributed by atoms with Gasteiger partial charge in [0.05, 0.1) is 18.5 Å². The van der Waals surface area contributed by atoms with Crippen molar-refractivity contribution in [3.8, 4) is 5.69 Å². The van der Waals surface area contributed by atoms with Gasteiger partial charge in [-0.3, -0.25) is 9.69 Å². The molecule has 0 atom stereocenters. The molecule has 0 aliphatic rings. The maximum atomic E-state index is 12.3. The lowest BCUT2D eigenvalue weighted by atomic mass is 10.2. The van der Waals surface area contributed by atoms with Crippen LogP contribution >= 0.6 is 0 Å². The van der Waals surface area contributed by atoms with E-state index in [0.29, 0.717) is 11.4 Å². The second-order valence-electron chi connectivity index (χ2n) is 6.73. The topological polar surface area (TPSA) is 76.5 Å². The highest BCUT2D eigenvalue weighted by molar-refractivity contribution is 6.02. The molecule has 7 nitrogen and oxygen atoms in total. The Labute approximate surface area is 175 Å². The molecule has 0 fully saturated rings. The van der Waals surface area contributed by atoms with E-state index in [1.165, 1.54) is 18.1 Å². The van der Waals surface area contributed by atoms with E-state index < -0.39 is 6.09 Å². The van der Waals surface area contributed by atoms with Gasteiger partial charge in [-0.05, 0) is 56.3 Å². The lowest BCUT2D eigenvalue weighted by Crippen LogP contribution is -2.25. The third-order valence-corrected chi connectivity index (χ3v) is 4.72. The van der Waals surface area contributed by atoms with Crippen molar-refractivity contribution in [1.29, 1.82) is 0 Å². The molecule has 0 unspecified atom stereocenters. The fourth-order valence-corrected chi connectivity index (χ4v) is 3.07. The first-order valence-corrected chi connectivity index (χ1v) is 9.43. The molecular weight excluding hydrogens is 380 g/mol. The Morgan fingerprint density at radius 1 is 1.07 bits per heavy atom. The van der Waals surface area contributed by atoms with Crippen molar-refractivity contribution in [2.24, 2.45) is 0 Å². The molecule has 3 aromatic rings. The van der Waals surface area contributed by atoms with Crippen LogP contribution in [0, 0.1) is 13.8 Å². The first kappa shape index (κ1) is 20.9. The van der Waals surface area contributed by atoms with Crippen LogP contribution in [-0.4, -0.2) is 35.9 Å². The van der Waals surface area contributed by atoms with Crippen LogP contribution in [0.4, 0.5) is 16.2 Å². The third kappa shape index (κ3) is 4.57. The first-order valence-electron chi connectivity index (χ1n) is 9.43. The summed E-state index contributed by atoms with van der Waals surface area (Å²) in [6, 6.07) is 16.8. The van der Waals surface area contributed by atoms with E-state index in [0.717, 1.165) is 22.6 Å². The number of benzene rings is 2. The highest BCUT2D eigenvalue weighted by atomic mass is 16.5. The third-order valence-electron chi connectivity index (χ3n) is 4.72. The molecule has 1 N–H and O–H groups in total. The zero-order valence-corrected chi connectivity index (χ0v) is 17.4. The van der Waals surface area contributed by atoms with Crippen LogP contribution in [0.15, 0.2) is 60.7 Å². The number of carbonyl (C=O) groups excluding carboxylic acids is 2. The molecule has 0 aliphatic heterocycles. The molecule has 0 saturated carbocycles. The molecule has 0 aliphatic carbocycles.